The smallest absolute Gasteiger partial charge is 0.325 e. The second kappa shape index (κ2) is 7.89. The number of nitrogens with one attached hydrogen (secondary N) is 1. The fourth-order valence-corrected chi connectivity index (χ4v) is 7.05. The van der Waals surface area contributed by atoms with Crippen molar-refractivity contribution in [2.75, 3.05) is 24.8 Å². The first-order valence-electron chi connectivity index (χ1n) is 11.2. The second-order valence-electron chi connectivity index (χ2n) is 9.31. The highest BCUT2D eigenvalue weighted by molar-refractivity contribution is 7.91. The molecule has 4 amide bonds. The van der Waals surface area contributed by atoms with Crippen LogP contribution in [0.25, 0.3) is 0 Å². The molecule has 4 aliphatic rings. The van der Waals surface area contributed by atoms with Crippen LogP contribution in [-0.4, -0.2) is 73.0 Å². The molecule has 3 aliphatic heterocycles. The van der Waals surface area contributed by atoms with Gasteiger partial charge in [-0.05, 0) is 43.9 Å². The summed E-state index contributed by atoms with van der Waals surface area (Å²) in [7, 11) is -3.19. The summed E-state index contributed by atoms with van der Waals surface area (Å²) in [5.74, 6) is 0.113. The molecular weight excluding hydrogens is 450 g/mol. The fourth-order valence-electron chi connectivity index (χ4n) is 5.34. The monoisotopic (exact) mass is 477 g/mol. The molecule has 2 saturated heterocycles. The maximum atomic E-state index is 13.4. The number of hydrogen-bond donors (Lipinski definition) is 1. The lowest BCUT2D eigenvalue weighted by Crippen LogP contribution is -2.51. The van der Waals surface area contributed by atoms with E-state index >= 15 is 0 Å². The normalized spacial score (nSPS) is 28.4. The van der Waals surface area contributed by atoms with Crippen LogP contribution >= 0.6 is 0 Å². The number of urea groups is 1. The van der Waals surface area contributed by atoms with Gasteiger partial charge in [0, 0.05) is 12.1 Å². The van der Waals surface area contributed by atoms with Crippen LogP contribution in [0.15, 0.2) is 18.2 Å². The molecule has 11 heteroatoms. The van der Waals surface area contributed by atoms with Gasteiger partial charge in [0.1, 0.15) is 12.1 Å². The largest absolute Gasteiger partial charge is 0.454 e. The Bertz CT molecular complexity index is 1110. The van der Waals surface area contributed by atoms with Crippen LogP contribution < -0.4 is 14.8 Å². The number of benzene rings is 1. The molecular formula is C22H27N3O7S. The number of sulfone groups is 1. The van der Waals surface area contributed by atoms with Crippen LogP contribution in [0.3, 0.4) is 0 Å². The Morgan fingerprint density at radius 3 is 2.58 bits per heavy atom. The SMILES string of the molecule is C[C@]1(c2ccc3c(c2)OCO3)NC(=O)N(CC(=O)N(C2CCCC2)[C@H]2CCS(=O)(=O)C2)C1=O. The molecule has 3 fully saturated rings. The van der Waals surface area contributed by atoms with Gasteiger partial charge in [-0.2, -0.15) is 0 Å². The summed E-state index contributed by atoms with van der Waals surface area (Å²) in [6.07, 6.45) is 3.94. The summed E-state index contributed by atoms with van der Waals surface area (Å²) in [6, 6.07) is 3.89. The Kier molecular flexibility index (Phi) is 5.26. The highest BCUT2D eigenvalue weighted by Crippen LogP contribution is 2.38. The standard InChI is InChI=1S/C22H27N3O7S/c1-22(14-6-7-17-18(10-14)32-13-31-17)20(27)24(21(28)23-22)11-19(26)25(15-4-2-3-5-15)16-8-9-33(29,30)12-16/h6-7,10,15-16H,2-5,8-9,11-13H2,1H3,(H,23,28)/t16-,22+/m0/s1. The summed E-state index contributed by atoms with van der Waals surface area (Å²) < 4.78 is 34.8. The van der Waals surface area contributed by atoms with Gasteiger partial charge in [-0.1, -0.05) is 18.9 Å². The Hall–Kier alpha value is -2.82. The van der Waals surface area contributed by atoms with Gasteiger partial charge in [0.05, 0.1) is 11.5 Å². The van der Waals surface area contributed by atoms with Crippen molar-refractivity contribution in [2.24, 2.45) is 0 Å². The predicted octanol–water partition coefficient (Wildman–Crippen LogP) is 1.14. The van der Waals surface area contributed by atoms with Crippen molar-refractivity contribution in [1.82, 2.24) is 15.1 Å². The zero-order valence-electron chi connectivity index (χ0n) is 18.4. The molecule has 1 aliphatic carbocycles. The molecule has 1 N–H and O–H groups in total. The molecule has 0 radical (unpaired) electrons. The summed E-state index contributed by atoms with van der Waals surface area (Å²) >= 11 is 0. The number of rotatable bonds is 5. The number of nitrogens with zero attached hydrogens (tertiary/aromatic N) is 2. The van der Waals surface area contributed by atoms with E-state index in [2.05, 4.69) is 5.32 Å². The van der Waals surface area contributed by atoms with Crippen LogP contribution in [0.1, 0.15) is 44.6 Å². The van der Waals surface area contributed by atoms with Crippen molar-refractivity contribution in [1.29, 1.82) is 0 Å². The van der Waals surface area contributed by atoms with Crippen LogP contribution in [-0.2, 0) is 25.0 Å². The van der Waals surface area contributed by atoms with Gasteiger partial charge in [0.15, 0.2) is 21.3 Å². The van der Waals surface area contributed by atoms with E-state index in [0.29, 0.717) is 23.5 Å². The molecule has 0 aromatic heterocycles. The van der Waals surface area contributed by atoms with Crippen molar-refractivity contribution < 1.29 is 32.3 Å². The molecule has 178 valence electrons. The predicted molar refractivity (Wildman–Crippen MR) is 116 cm³/mol. The first-order chi connectivity index (χ1) is 15.7. The molecule has 0 spiro atoms. The van der Waals surface area contributed by atoms with E-state index in [1.165, 1.54) is 0 Å². The maximum absolute atomic E-state index is 13.4. The van der Waals surface area contributed by atoms with Crippen LogP contribution in [0, 0.1) is 0 Å². The number of amides is 4. The fraction of sp³-hybridized carbons (Fsp3) is 0.591. The first kappa shape index (κ1) is 22.0. The van der Waals surface area contributed by atoms with E-state index in [4.69, 9.17) is 9.47 Å². The van der Waals surface area contributed by atoms with E-state index < -0.39 is 39.9 Å². The van der Waals surface area contributed by atoms with E-state index in [1.54, 1.807) is 30.0 Å². The Labute approximate surface area is 192 Å². The van der Waals surface area contributed by atoms with Gasteiger partial charge in [0.25, 0.3) is 5.91 Å². The van der Waals surface area contributed by atoms with E-state index in [-0.39, 0.29) is 30.2 Å². The van der Waals surface area contributed by atoms with Crippen molar-refractivity contribution in [3.05, 3.63) is 23.8 Å². The molecule has 0 unspecified atom stereocenters. The van der Waals surface area contributed by atoms with Crippen LogP contribution in [0.2, 0.25) is 0 Å². The molecule has 33 heavy (non-hydrogen) atoms. The summed E-state index contributed by atoms with van der Waals surface area (Å²) in [6.45, 7) is 1.26. The Morgan fingerprint density at radius 1 is 1.15 bits per heavy atom. The molecule has 1 aromatic carbocycles. The van der Waals surface area contributed by atoms with Crippen LogP contribution in [0.4, 0.5) is 4.79 Å². The number of fused-ring (bicyclic) bond motifs is 1. The van der Waals surface area contributed by atoms with Gasteiger partial charge in [-0.15, -0.1) is 0 Å². The van der Waals surface area contributed by atoms with Gasteiger partial charge < -0.3 is 19.7 Å². The number of carbonyl (C=O) groups is 3. The molecule has 5 rings (SSSR count). The number of ether oxygens (including phenoxy) is 2. The Morgan fingerprint density at radius 2 is 1.88 bits per heavy atom. The number of carbonyl (C=O) groups excluding carboxylic acids is 3. The lowest BCUT2D eigenvalue weighted by Gasteiger charge is -2.35. The number of hydrogen-bond acceptors (Lipinski definition) is 7. The zero-order chi connectivity index (χ0) is 23.4. The first-order valence-corrected chi connectivity index (χ1v) is 13.1. The van der Waals surface area contributed by atoms with Crippen molar-refractivity contribution in [3.8, 4) is 11.5 Å². The lowest BCUT2D eigenvalue weighted by atomic mass is 9.91. The minimum absolute atomic E-state index is 0.0550. The third kappa shape index (κ3) is 3.81. The third-order valence-corrected chi connectivity index (χ3v) is 8.88. The number of imide groups is 1. The molecule has 0 bridgehead atoms. The van der Waals surface area contributed by atoms with E-state index in [1.807, 2.05) is 0 Å². The lowest BCUT2D eigenvalue weighted by molar-refractivity contribution is -0.141. The summed E-state index contributed by atoms with van der Waals surface area (Å²) in [5, 5.41) is 2.71. The van der Waals surface area contributed by atoms with Crippen LogP contribution in [0.5, 0.6) is 11.5 Å². The highest BCUT2D eigenvalue weighted by Gasteiger charge is 2.51. The zero-order valence-corrected chi connectivity index (χ0v) is 19.2. The van der Waals surface area contributed by atoms with Crippen molar-refractivity contribution in [2.45, 2.75) is 56.7 Å². The summed E-state index contributed by atoms with van der Waals surface area (Å²) in [4.78, 5) is 42.1. The average molecular weight is 478 g/mol. The minimum Gasteiger partial charge on any atom is -0.454 e. The van der Waals surface area contributed by atoms with Gasteiger partial charge in [-0.25, -0.2) is 13.2 Å². The molecule has 1 aromatic rings. The quantitative estimate of drug-likeness (QED) is 0.631. The maximum Gasteiger partial charge on any atom is 0.325 e. The third-order valence-electron chi connectivity index (χ3n) is 7.13. The molecule has 2 atom stereocenters. The van der Waals surface area contributed by atoms with E-state index in [9.17, 15) is 22.8 Å². The van der Waals surface area contributed by atoms with Gasteiger partial charge >= 0.3 is 6.03 Å². The van der Waals surface area contributed by atoms with Gasteiger partial charge in [-0.3, -0.25) is 14.5 Å². The molecule has 1 saturated carbocycles. The average Bonchev–Trinajstić information content (AvgIpc) is 3.54. The topological polar surface area (TPSA) is 122 Å². The second-order valence-corrected chi connectivity index (χ2v) is 11.5. The van der Waals surface area contributed by atoms with Crippen molar-refractivity contribution in [3.63, 3.8) is 0 Å². The molecule has 3 heterocycles. The highest BCUT2D eigenvalue weighted by atomic mass is 32.2. The van der Waals surface area contributed by atoms with E-state index in [0.717, 1.165) is 30.6 Å². The van der Waals surface area contributed by atoms with Gasteiger partial charge in [0.2, 0.25) is 12.7 Å². The minimum atomic E-state index is -3.19. The summed E-state index contributed by atoms with van der Waals surface area (Å²) in [5.41, 5.74) is -0.831. The Balaban J connectivity index is 1.37. The van der Waals surface area contributed by atoms with Crippen molar-refractivity contribution >= 4 is 27.7 Å². The molecule has 10 nitrogen and oxygen atoms in total.